The Balaban J connectivity index is 2.23. The lowest BCUT2D eigenvalue weighted by Gasteiger charge is -2.12. The molecule has 2 rings (SSSR count). The summed E-state index contributed by atoms with van der Waals surface area (Å²) < 4.78 is 0. The minimum absolute atomic E-state index is 0.362. The van der Waals surface area contributed by atoms with Crippen LogP contribution in [-0.4, -0.2) is 16.1 Å². The molecule has 1 aromatic heterocycles. The summed E-state index contributed by atoms with van der Waals surface area (Å²) in [6.45, 7) is 0. The van der Waals surface area contributed by atoms with Gasteiger partial charge in [-0.1, -0.05) is 35.3 Å². The lowest BCUT2D eigenvalue weighted by molar-refractivity contribution is -0.138. The van der Waals surface area contributed by atoms with E-state index in [1.165, 1.54) is 6.20 Å². The molecule has 0 aliphatic rings. The van der Waals surface area contributed by atoms with Gasteiger partial charge in [-0.3, -0.25) is 9.78 Å². The number of carbonyl (C=O) groups is 1. The van der Waals surface area contributed by atoms with Gasteiger partial charge in [0.15, 0.2) is 0 Å². The van der Waals surface area contributed by atoms with Crippen LogP contribution in [-0.2, 0) is 11.2 Å². The van der Waals surface area contributed by atoms with Crippen LogP contribution in [0.25, 0.3) is 0 Å². The highest BCUT2D eigenvalue weighted by molar-refractivity contribution is 6.30. The normalized spacial score (nSPS) is 12.1. The van der Waals surface area contributed by atoms with Crippen LogP contribution in [0.4, 0.5) is 0 Å². The second-order valence-corrected chi connectivity index (χ2v) is 5.00. The van der Waals surface area contributed by atoms with E-state index in [0.29, 0.717) is 22.2 Å². The molecule has 98 valence electrons. The number of halogens is 2. The Labute approximate surface area is 120 Å². The Bertz CT molecular complexity index is 567. The second kappa shape index (κ2) is 6.04. The number of hydrogen-bond acceptors (Lipinski definition) is 2. The van der Waals surface area contributed by atoms with Gasteiger partial charge in [0.1, 0.15) is 5.92 Å². The van der Waals surface area contributed by atoms with E-state index in [9.17, 15) is 9.90 Å². The van der Waals surface area contributed by atoms with Crippen LogP contribution in [0, 0.1) is 0 Å². The molecule has 0 amide bonds. The molecule has 19 heavy (non-hydrogen) atoms. The van der Waals surface area contributed by atoms with Crippen molar-refractivity contribution in [3.8, 4) is 0 Å². The number of pyridine rings is 1. The SMILES string of the molecule is O=C(O)C(Cc1ccc(Cl)cc1)c1ccc(Cl)cn1. The van der Waals surface area contributed by atoms with Crippen LogP contribution in [0.2, 0.25) is 10.0 Å². The monoisotopic (exact) mass is 295 g/mol. The van der Waals surface area contributed by atoms with Crippen molar-refractivity contribution in [2.45, 2.75) is 12.3 Å². The molecule has 3 nitrogen and oxygen atoms in total. The first-order valence-electron chi connectivity index (χ1n) is 5.65. The van der Waals surface area contributed by atoms with Gasteiger partial charge in [-0.15, -0.1) is 0 Å². The fourth-order valence-electron chi connectivity index (χ4n) is 1.77. The second-order valence-electron chi connectivity index (χ2n) is 4.12. The summed E-state index contributed by atoms with van der Waals surface area (Å²) in [5, 5.41) is 10.4. The van der Waals surface area contributed by atoms with Crippen molar-refractivity contribution in [1.29, 1.82) is 0 Å². The maximum absolute atomic E-state index is 11.4. The quantitative estimate of drug-likeness (QED) is 0.933. The van der Waals surface area contributed by atoms with Crippen molar-refractivity contribution in [3.05, 3.63) is 63.9 Å². The van der Waals surface area contributed by atoms with Crippen molar-refractivity contribution in [2.24, 2.45) is 0 Å². The van der Waals surface area contributed by atoms with E-state index >= 15 is 0 Å². The topological polar surface area (TPSA) is 50.2 Å². The molecular weight excluding hydrogens is 285 g/mol. The summed E-state index contributed by atoms with van der Waals surface area (Å²) in [7, 11) is 0. The summed E-state index contributed by atoms with van der Waals surface area (Å²) in [6, 6.07) is 10.4. The Hall–Kier alpha value is -1.58. The van der Waals surface area contributed by atoms with Crippen LogP contribution in [0.3, 0.4) is 0 Å². The van der Waals surface area contributed by atoms with Crippen LogP contribution >= 0.6 is 23.2 Å². The first kappa shape index (κ1) is 13.8. The zero-order chi connectivity index (χ0) is 13.8. The third kappa shape index (κ3) is 3.69. The Kier molecular flexibility index (Phi) is 4.40. The van der Waals surface area contributed by atoms with Crippen molar-refractivity contribution < 1.29 is 9.90 Å². The minimum atomic E-state index is -0.912. The van der Waals surface area contributed by atoms with E-state index in [2.05, 4.69) is 4.98 Å². The van der Waals surface area contributed by atoms with Gasteiger partial charge in [-0.2, -0.15) is 0 Å². The van der Waals surface area contributed by atoms with E-state index < -0.39 is 11.9 Å². The number of rotatable bonds is 4. The maximum Gasteiger partial charge on any atom is 0.312 e. The fraction of sp³-hybridized carbons (Fsp3) is 0.143. The fourth-order valence-corrected chi connectivity index (χ4v) is 2.01. The molecule has 1 unspecified atom stereocenters. The highest BCUT2D eigenvalue weighted by Crippen LogP contribution is 2.22. The Morgan fingerprint density at radius 2 is 1.74 bits per heavy atom. The van der Waals surface area contributed by atoms with Crippen LogP contribution < -0.4 is 0 Å². The number of benzene rings is 1. The van der Waals surface area contributed by atoms with Crippen molar-refractivity contribution in [2.75, 3.05) is 0 Å². The molecule has 5 heteroatoms. The average molecular weight is 296 g/mol. The molecule has 1 atom stereocenters. The predicted molar refractivity (Wildman–Crippen MR) is 74.8 cm³/mol. The van der Waals surface area contributed by atoms with Crippen LogP contribution in [0.15, 0.2) is 42.6 Å². The highest BCUT2D eigenvalue weighted by atomic mass is 35.5. The standard InChI is InChI=1S/C14H11Cl2NO2/c15-10-3-1-9(2-4-10)7-12(14(18)19)13-6-5-11(16)8-17-13/h1-6,8,12H,7H2,(H,18,19). The minimum Gasteiger partial charge on any atom is -0.481 e. The van der Waals surface area contributed by atoms with Crippen molar-refractivity contribution >= 4 is 29.2 Å². The number of carboxylic acids is 1. The molecule has 0 aliphatic heterocycles. The number of aliphatic carboxylic acids is 1. The summed E-state index contributed by atoms with van der Waals surface area (Å²) in [6.07, 6.45) is 1.82. The molecule has 1 aromatic carbocycles. The summed E-state index contributed by atoms with van der Waals surface area (Å²) >= 11 is 11.6. The van der Waals surface area contributed by atoms with Gasteiger partial charge in [-0.25, -0.2) is 0 Å². The smallest absolute Gasteiger partial charge is 0.312 e. The molecule has 0 saturated carbocycles. The molecule has 0 saturated heterocycles. The number of aromatic nitrogens is 1. The van der Waals surface area contributed by atoms with Crippen LogP contribution in [0.5, 0.6) is 0 Å². The maximum atomic E-state index is 11.4. The zero-order valence-electron chi connectivity index (χ0n) is 9.88. The van der Waals surface area contributed by atoms with Gasteiger partial charge in [0.25, 0.3) is 0 Å². The summed E-state index contributed by atoms with van der Waals surface area (Å²) in [4.78, 5) is 15.4. The van der Waals surface area contributed by atoms with Crippen molar-refractivity contribution in [3.63, 3.8) is 0 Å². The molecule has 1 N–H and O–H groups in total. The number of nitrogens with zero attached hydrogens (tertiary/aromatic N) is 1. The van der Waals surface area contributed by atoms with E-state index in [-0.39, 0.29) is 0 Å². The van der Waals surface area contributed by atoms with E-state index in [1.807, 2.05) is 12.1 Å². The number of hydrogen-bond donors (Lipinski definition) is 1. The third-order valence-corrected chi connectivity index (χ3v) is 3.23. The Morgan fingerprint density at radius 1 is 1.11 bits per heavy atom. The number of carboxylic acid groups (broad SMARTS) is 1. The van der Waals surface area contributed by atoms with E-state index in [4.69, 9.17) is 23.2 Å². The first-order chi connectivity index (χ1) is 9.06. The molecule has 0 radical (unpaired) electrons. The van der Waals surface area contributed by atoms with Gasteiger partial charge < -0.3 is 5.11 Å². The molecule has 1 heterocycles. The molecule has 0 bridgehead atoms. The molecule has 2 aromatic rings. The highest BCUT2D eigenvalue weighted by Gasteiger charge is 2.21. The van der Waals surface area contributed by atoms with Gasteiger partial charge in [0, 0.05) is 11.2 Å². The van der Waals surface area contributed by atoms with Gasteiger partial charge in [-0.05, 0) is 36.2 Å². The van der Waals surface area contributed by atoms with Gasteiger partial charge >= 0.3 is 5.97 Å². The van der Waals surface area contributed by atoms with Gasteiger partial charge in [0.05, 0.1) is 10.7 Å². The zero-order valence-corrected chi connectivity index (χ0v) is 11.4. The van der Waals surface area contributed by atoms with Gasteiger partial charge in [0.2, 0.25) is 0 Å². The lowest BCUT2D eigenvalue weighted by Crippen LogP contribution is -2.15. The predicted octanol–water partition coefficient (Wildman–Crippen LogP) is 3.80. The van der Waals surface area contributed by atoms with Crippen LogP contribution in [0.1, 0.15) is 17.2 Å². The first-order valence-corrected chi connectivity index (χ1v) is 6.40. The molecule has 0 spiro atoms. The lowest BCUT2D eigenvalue weighted by atomic mass is 9.96. The third-order valence-electron chi connectivity index (χ3n) is 2.76. The summed E-state index contributed by atoms with van der Waals surface area (Å²) in [5.74, 6) is -1.61. The van der Waals surface area contributed by atoms with E-state index in [1.54, 1.807) is 24.3 Å². The molecular formula is C14H11Cl2NO2. The van der Waals surface area contributed by atoms with Crippen molar-refractivity contribution in [1.82, 2.24) is 4.98 Å². The summed E-state index contributed by atoms with van der Waals surface area (Å²) in [5.41, 5.74) is 1.39. The Morgan fingerprint density at radius 3 is 2.26 bits per heavy atom. The van der Waals surface area contributed by atoms with E-state index in [0.717, 1.165) is 5.56 Å². The average Bonchev–Trinajstić information content (AvgIpc) is 2.39. The largest absolute Gasteiger partial charge is 0.481 e. The molecule has 0 aliphatic carbocycles. The molecule has 0 fully saturated rings.